The van der Waals surface area contributed by atoms with E-state index in [-0.39, 0.29) is 11.8 Å². The number of hydrogen-bond donors (Lipinski definition) is 2. The third kappa shape index (κ3) is 6.28. The first-order chi connectivity index (χ1) is 18.7. The van der Waals surface area contributed by atoms with Gasteiger partial charge < -0.3 is 10.6 Å². The zero-order valence-electron chi connectivity index (χ0n) is 19.4. The highest BCUT2D eigenvalue weighted by Crippen LogP contribution is 2.55. The van der Waals surface area contributed by atoms with E-state index in [0.717, 1.165) is 42.5 Å². The molecule has 2 amide bonds. The van der Waals surface area contributed by atoms with Gasteiger partial charge in [-0.1, -0.05) is 12.1 Å². The lowest BCUT2D eigenvalue weighted by atomic mass is 9.92. The Morgan fingerprint density at radius 1 is 0.683 bits per heavy atom. The van der Waals surface area contributed by atoms with Crippen molar-refractivity contribution in [1.82, 2.24) is 0 Å². The third-order valence-electron chi connectivity index (χ3n) is 5.39. The van der Waals surface area contributed by atoms with Crippen LogP contribution in [0.4, 0.5) is 64.1 Å². The molecular weight excluding hydrogens is 656 g/mol. The molecule has 3 rings (SSSR count). The minimum absolute atomic E-state index is 0.217. The van der Waals surface area contributed by atoms with Crippen LogP contribution in [-0.2, 0) is 11.8 Å². The quantitative estimate of drug-likeness (QED) is 0.268. The third-order valence-corrected chi connectivity index (χ3v) is 6.01. The Morgan fingerprint density at radius 2 is 1.22 bits per heavy atom. The van der Waals surface area contributed by atoms with Gasteiger partial charge in [-0.3, -0.25) is 9.59 Å². The number of nitrogens with one attached hydrogen (secondary N) is 2. The summed E-state index contributed by atoms with van der Waals surface area (Å²) < 4.78 is 161. The molecule has 0 aromatic heterocycles. The Morgan fingerprint density at radius 3 is 1.73 bits per heavy atom. The van der Waals surface area contributed by atoms with Crippen LogP contribution in [0.3, 0.4) is 0 Å². The molecule has 3 aromatic rings. The van der Waals surface area contributed by atoms with Crippen molar-refractivity contribution in [2.75, 3.05) is 10.6 Å². The fraction of sp³-hybridized carbons (Fsp3) is 0.167. The van der Waals surface area contributed by atoms with Gasteiger partial charge in [0.15, 0.2) is 0 Å². The molecule has 4 nitrogen and oxygen atoms in total. The number of halogens is 13. The van der Waals surface area contributed by atoms with E-state index >= 15 is 0 Å². The van der Waals surface area contributed by atoms with E-state index in [4.69, 9.17) is 0 Å². The average Bonchev–Trinajstić information content (AvgIpc) is 2.82. The second kappa shape index (κ2) is 10.9. The lowest BCUT2D eigenvalue weighted by Crippen LogP contribution is -2.50. The first kappa shape index (κ1) is 31.8. The van der Waals surface area contributed by atoms with Crippen LogP contribution in [0.5, 0.6) is 0 Å². The zero-order valence-corrected chi connectivity index (χ0v) is 21.0. The number of carbonyl (C=O) groups is 2. The van der Waals surface area contributed by atoms with Crippen LogP contribution in [0.1, 0.15) is 31.8 Å². The van der Waals surface area contributed by atoms with Gasteiger partial charge in [0.1, 0.15) is 17.2 Å². The van der Waals surface area contributed by atoms with Crippen LogP contribution in [0.25, 0.3) is 0 Å². The van der Waals surface area contributed by atoms with E-state index in [1.165, 1.54) is 0 Å². The monoisotopic (exact) mass is 666 g/mol. The summed E-state index contributed by atoms with van der Waals surface area (Å²) in [6.07, 6.45) is -19.1. The molecular formula is C24H11BrF12N2O2. The van der Waals surface area contributed by atoms with Crippen molar-refractivity contribution in [1.29, 1.82) is 0 Å². The minimum atomic E-state index is -6.71. The van der Waals surface area contributed by atoms with Crippen LogP contribution in [0.2, 0.25) is 0 Å². The van der Waals surface area contributed by atoms with Gasteiger partial charge in [0.05, 0.1) is 11.3 Å². The fourth-order valence-electron chi connectivity index (χ4n) is 3.48. The minimum Gasteiger partial charge on any atom is -0.322 e. The maximum Gasteiger partial charge on any atom is 0.435 e. The molecule has 0 aliphatic carbocycles. The molecule has 41 heavy (non-hydrogen) atoms. The van der Waals surface area contributed by atoms with Crippen molar-refractivity contribution in [3.8, 4) is 0 Å². The smallest absolute Gasteiger partial charge is 0.322 e. The molecule has 2 N–H and O–H groups in total. The molecule has 3 aromatic carbocycles. The van der Waals surface area contributed by atoms with Crippen LogP contribution in [-0.4, -0.2) is 24.2 Å². The summed E-state index contributed by atoms with van der Waals surface area (Å²) >= 11 is 2.36. The summed E-state index contributed by atoms with van der Waals surface area (Å²) in [7, 11) is 0. The Kier molecular flexibility index (Phi) is 8.45. The summed E-state index contributed by atoms with van der Waals surface area (Å²) in [5, 5.41) is 3.72. The molecule has 0 saturated carbocycles. The lowest BCUT2D eigenvalue weighted by Gasteiger charge is -2.31. The van der Waals surface area contributed by atoms with E-state index in [0.29, 0.717) is 0 Å². The Balaban J connectivity index is 2.01. The van der Waals surface area contributed by atoms with Gasteiger partial charge in [-0.05, 0) is 58.4 Å². The molecule has 0 atom stereocenters. The normalized spacial score (nSPS) is 12.7. The van der Waals surface area contributed by atoms with Gasteiger partial charge in [-0.2, -0.15) is 39.5 Å². The molecule has 0 saturated heterocycles. The van der Waals surface area contributed by atoms with Gasteiger partial charge in [0.25, 0.3) is 11.8 Å². The van der Waals surface area contributed by atoms with E-state index in [1.54, 1.807) is 5.32 Å². The van der Waals surface area contributed by atoms with E-state index in [2.05, 4.69) is 21.2 Å². The van der Waals surface area contributed by atoms with E-state index in [9.17, 15) is 62.3 Å². The summed E-state index contributed by atoms with van der Waals surface area (Å²) in [5.41, 5.74) is -14.1. The standard InChI is InChI=1S/C24H11BrF12N2O2/c25-14-9-11(21(28,23(32,33)34)24(35,36)37)8-13(22(29,30)31)18(14)39-19(40)10-3-1-4-12(7-10)38-20(41)17-15(26)5-2-6-16(17)27/h1-9H,(H,38,41)(H,39,40). The average molecular weight is 667 g/mol. The Hall–Kier alpha value is -3.76. The number of benzene rings is 3. The van der Waals surface area contributed by atoms with Crippen LogP contribution >= 0.6 is 15.9 Å². The molecule has 0 fully saturated rings. The van der Waals surface area contributed by atoms with Crippen molar-refractivity contribution >= 4 is 39.1 Å². The lowest BCUT2D eigenvalue weighted by molar-refractivity contribution is -0.348. The number of rotatable bonds is 5. The zero-order chi connectivity index (χ0) is 31.1. The van der Waals surface area contributed by atoms with Crippen molar-refractivity contribution < 1.29 is 62.3 Å². The summed E-state index contributed by atoms with van der Waals surface area (Å²) in [4.78, 5) is 25.0. The Labute approximate surface area is 229 Å². The topological polar surface area (TPSA) is 58.2 Å². The summed E-state index contributed by atoms with van der Waals surface area (Å²) in [5.74, 6) is -5.20. The predicted octanol–water partition coefficient (Wildman–Crippen LogP) is 8.54. The van der Waals surface area contributed by atoms with Crippen LogP contribution < -0.4 is 10.6 Å². The predicted molar refractivity (Wildman–Crippen MR) is 123 cm³/mol. The number of carbonyl (C=O) groups excluding carboxylic acids is 2. The SMILES string of the molecule is O=C(Nc1c(Br)cc(C(F)(C(F)(F)F)C(F)(F)F)cc1C(F)(F)F)c1cccc(NC(=O)c2c(F)cccc2F)c1. The molecule has 220 valence electrons. The highest BCUT2D eigenvalue weighted by Gasteiger charge is 2.73. The summed E-state index contributed by atoms with van der Waals surface area (Å²) in [6, 6.07) is 5.59. The number of alkyl halides is 10. The van der Waals surface area contributed by atoms with Crippen molar-refractivity contribution in [2.45, 2.75) is 24.2 Å². The van der Waals surface area contributed by atoms with Gasteiger partial charge in [-0.15, -0.1) is 0 Å². The molecule has 0 radical (unpaired) electrons. The number of hydrogen-bond acceptors (Lipinski definition) is 2. The molecule has 0 aliphatic heterocycles. The second-order valence-corrected chi connectivity index (χ2v) is 8.97. The molecule has 0 spiro atoms. The maximum atomic E-state index is 14.5. The largest absolute Gasteiger partial charge is 0.435 e. The first-order valence-electron chi connectivity index (χ1n) is 10.6. The maximum absolute atomic E-state index is 14.5. The molecule has 0 unspecified atom stereocenters. The number of amides is 2. The molecule has 0 aliphatic rings. The van der Waals surface area contributed by atoms with Crippen molar-refractivity contribution in [2.24, 2.45) is 0 Å². The van der Waals surface area contributed by atoms with Gasteiger partial charge >= 0.3 is 24.2 Å². The van der Waals surface area contributed by atoms with Crippen LogP contribution in [0.15, 0.2) is 59.1 Å². The molecule has 0 bridgehead atoms. The molecule has 0 heterocycles. The van der Waals surface area contributed by atoms with Crippen LogP contribution in [0, 0.1) is 11.6 Å². The van der Waals surface area contributed by atoms with Crippen molar-refractivity contribution in [3.05, 3.63) is 93.0 Å². The fourth-order valence-corrected chi connectivity index (χ4v) is 4.04. The first-order valence-corrected chi connectivity index (χ1v) is 11.4. The van der Waals surface area contributed by atoms with Crippen molar-refractivity contribution in [3.63, 3.8) is 0 Å². The van der Waals surface area contributed by atoms with E-state index < -0.39 is 86.1 Å². The summed E-state index contributed by atoms with van der Waals surface area (Å²) in [6.45, 7) is 0. The second-order valence-electron chi connectivity index (χ2n) is 8.12. The Bertz CT molecular complexity index is 1470. The van der Waals surface area contributed by atoms with Gasteiger partial charge in [-0.25, -0.2) is 13.2 Å². The van der Waals surface area contributed by atoms with Gasteiger partial charge in [0.2, 0.25) is 0 Å². The molecule has 17 heteroatoms. The highest BCUT2D eigenvalue weighted by molar-refractivity contribution is 9.10. The highest BCUT2D eigenvalue weighted by atomic mass is 79.9. The van der Waals surface area contributed by atoms with E-state index in [1.807, 2.05) is 0 Å². The number of anilines is 2. The van der Waals surface area contributed by atoms with Gasteiger partial charge in [0, 0.05) is 21.3 Å².